The Hall–Kier alpha value is -1.50. The fourth-order valence-corrected chi connectivity index (χ4v) is 1.21. The van der Waals surface area contributed by atoms with E-state index >= 15 is 0 Å². The van der Waals surface area contributed by atoms with Gasteiger partial charge in [0.25, 0.3) is 0 Å². The van der Waals surface area contributed by atoms with Crippen molar-refractivity contribution in [3.63, 3.8) is 0 Å². The Morgan fingerprint density at radius 3 is 2.93 bits per heavy atom. The van der Waals surface area contributed by atoms with E-state index in [0.717, 1.165) is 4.60 Å². The lowest BCUT2D eigenvalue weighted by Gasteiger charge is -2.01. The fraction of sp³-hybridized carbons (Fsp3) is 0.250. The summed E-state index contributed by atoms with van der Waals surface area (Å²) >= 11 is 3.24. The third-order valence-electron chi connectivity index (χ3n) is 1.62. The molecule has 0 amide bonds. The van der Waals surface area contributed by atoms with Gasteiger partial charge in [0.15, 0.2) is 6.61 Å². The first-order chi connectivity index (χ1) is 7.24. The van der Waals surface area contributed by atoms with Crippen molar-refractivity contribution < 1.29 is 4.74 Å². The molecule has 0 N–H and O–H groups in total. The fourth-order valence-electron chi connectivity index (χ4n) is 0.977. The van der Waals surface area contributed by atoms with Crippen LogP contribution in [-0.4, -0.2) is 25.2 Å². The third kappa shape index (κ3) is 2.72. The number of tetrazole rings is 1. The number of rotatable bonds is 3. The highest BCUT2D eigenvalue weighted by Gasteiger charge is 2.01. The van der Waals surface area contributed by atoms with Crippen molar-refractivity contribution in [1.82, 2.24) is 25.2 Å². The van der Waals surface area contributed by atoms with Crippen LogP contribution in [0.25, 0.3) is 0 Å². The smallest absolute Gasteiger partial charge is 0.212 e. The lowest BCUT2D eigenvalue weighted by molar-refractivity contribution is 0.294. The first-order valence-corrected chi connectivity index (χ1v) is 5.00. The molecule has 2 aromatic heterocycles. The van der Waals surface area contributed by atoms with Gasteiger partial charge in [0, 0.05) is 0 Å². The van der Waals surface area contributed by atoms with Crippen molar-refractivity contribution in [1.29, 1.82) is 0 Å². The van der Waals surface area contributed by atoms with Gasteiger partial charge >= 0.3 is 0 Å². The van der Waals surface area contributed by atoms with Gasteiger partial charge in [-0.1, -0.05) is 0 Å². The van der Waals surface area contributed by atoms with Crippen LogP contribution in [0, 0.1) is 0 Å². The number of aryl methyl sites for hydroxylation is 1. The molecule has 0 spiro atoms. The largest absolute Gasteiger partial charge is 0.484 e. The summed E-state index contributed by atoms with van der Waals surface area (Å²) in [6, 6.07) is 3.62. The molecule has 0 aliphatic rings. The Kier molecular flexibility index (Phi) is 2.91. The molecule has 0 aliphatic carbocycles. The number of nitrogens with zero attached hydrogens (tertiary/aromatic N) is 5. The normalized spacial score (nSPS) is 10.3. The zero-order chi connectivity index (χ0) is 10.7. The second kappa shape index (κ2) is 4.35. The van der Waals surface area contributed by atoms with E-state index in [9.17, 15) is 0 Å². The topological polar surface area (TPSA) is 65.7 Å². The minimum atomic E-state index is 0.289. The summed E-state index contributed by atoms with van der Waals surface area (Å²) in [6.07, 6.45) is 1.63. The molecule has 0 saturated heterocycles. The van der Waals surface area contributed by atoms with Crippen LogP contribution >= 0.6 is 15.9 Å². The van der Waals surface area contributed by atoms with Crippen LogP contribution < -0.4 is 4.74 Å². The quantitative estimate of drug-likeness (QED) is 0.777. The highest BCUT2D eigenvalue weighted by atomic mass is 79.9. The second-order valence-electron chi connectivity index (χ2n) is 2.80. The van der Waals surface area contributed by atoms with E-state index in [4.69, 9.17) is 4.74 Å². The predicted octanol–water partition coefficient (Wildman–Crippen LogP) is 0.947. The molecule has 0 radical (unpaired) electrons. The Bertz CT molecular complexity index is 441. The molecule has 0 unspecified atom stereocenters. The van der Waals surface area contributed by atoms with Gasteiger partial charge in [0.2, 0.25) is 5.82 Å². The molecule has 0 bridgehead atoms. The minimum Gasteiger partial charge on any atom is -0.484 e. The molecule has 0 aromatic carbocycles. The van der Waals surface area contributed by atoms with Crippen molar-refractivity contribution in [2.24, 2.45) is 7.05 Å². The number of aromatic nitrogens is 5. The monoisotopic (exact) mass is 269 g/mol. The van der Waals surface area contributed by atoms with Crippen LogP contribution in [0.3, 0.4) is 0 Å². The van der Waals surface area contributed by atoms with Crippen molar-refractivity contribution in [3.8, 4) is 5.75 Å². The van der Waals surface area contributed by atoms with Crippen molar-refractivity contribution in [3.05, 3.63) is 28.8 Å². The van der Waals surface area contributed by atoms with Crippen molar-refractivity contribution >= 4 is 15.9 Å². The van der Waals surface area contributed by atoms with Crippen LogP contribution in [0.4, 0.5) is 0 Å². The highest BCUT2D eigenvalue weighted by molar-refractivity contribution is 9.10. The molecule has 2 rings (SSSR count). The number of hydrogen-bond donors (Lipinski definition) is 0. The number of hydrogen-bond acceptors (Lipinski definition) is 5. The molecule has 0 atom stereocenters. The average molecular weight is 270 g/mol. The van der Waals surface area contributed by atoms with Crippen LogP contribution in [-0.2, 0) is 13.7 Å². The Labute approximate surface area is 94.4 Å². The standard InChI is InChI=1S/C8H8BrN5O/c1-14-12-8(11-13-14)5-15-6-2-3-7(9)10-4-6/h2-4H,5H2,1H3. The summed E-state index contributed by atoms with van der Waals surface area (Å²) in [5.41, 5.74) is 0. The maximum atomic E-state index is 5.40. The summed E-state index contributed by atoms with van der Waals surface area (Å²) in [5, 5.41) is 11.5. The highest BCUT2D eigenvalue weighted by Crippen LogP contribution is 2.13. The molecule has 78 valence electrons. The van der Waals surface area contributed by atoms with Gasteiger partial charge in [0.1, 0.15) is 10.4 Å². The third-order valence-corrected chi connectivity index (χ3v) is 2.09. The van der Waals surface area contributed by atoms with Crippen molar-refractivity contribution in [2.45, 2.75) is 6.61 Å². The zero-order valence-electron chi connectivity index (χ0n) is 7.96. The summed E-state index contributed by atoms with van der Waals surface area (Å²) in [5.74, 6) is 1.21. The van der Waals surface area contributed by atoms with Gasteiger partial charge in [-0.25, -0.2) is 4.98 Å². The Morgan fingerprint density at radius 1 is 1.47 bits per heavy atom. The Morgan fingerprint density at radius 2 is 2.33 bits per heavy atom. The molecule has 2 aromatic rings. The summed E-state index contributed by atoms with van der Waals surface area (Å²) in [6.45, 7) is 0.289. The van der Waals surface area contributed by atoms with Crippen LogP contribution in [0.1, 0.15) is 5.82 Å². The van der Waals surface area contributed by atoms with Gasteiger partial charge < -0.3 is 4.74 Å². The van der Waals surface area contributed by atoms with E-state index in [-0.39, 0.29) is 6.61 Å². The molecule has 2 heterocycles. The van der Waals surface area contributed by atoms with Gasteiger partial charge in [-0.2, -0.15) is 4.80 Å². The molecular weight excluding hydrogens is 262 g/mol. The number of halogens is 1. The van der Waals surface area contributed by atoms with Gasteiger partial charge in [0.05, 0.1) is 13.2 Å². The maximum Gasteiger partial charge on any atom is 0.212 e. The first kappa shape index (κ1) is 10.0. The molecular formula is C8H8BrN5O. The maximum absolute atomic E-state index is 5.40. The van der Waals surface area contributed by atoms with Gasteiger partial charge in [-0.05, 0) is 33.3 Å². The van der Waals surface area contributed by atoms with E-state index in [2.05, 4.69) is 36.3 Å². The zero-order valence-corrected chi connectivity index (χ0v) is 9.55. The molecule has 0 saturated carbocycles. The molecule has 7 heteroatoms. The van der Waals surface area contributed by atoms with Crippen LogP contribution in [0.15, 0.2) is 22.9 Å². The number of ether oxygens (including phenoxy) is 1. The lowest BCUT2D eigenvalue weighted by atomic mass is 10.5. The van der Waals surface area contributed by atoms with Gasteiger partial charge in [-0.15, -0.1) is 10.2 Å². The molecule has 6 nitrogen and oxygen atoms in total. The molecule has 0 fully saturated rings. The average Bonchev–Trinajstić information content (AvgIpc) is 2.64. The molecule has 15 heavy (non-hydrogen) atoms. The van der Waals surface area contributed by atoms with E-state index in [0.29, 0.717) is 11.6 Å². The minimum absolute atomic E-state index is 0.289. The van der Waals surface area contributed by atoms with E-state index < -0.39 is 0 Å². The summed E-state index contributed by atoms with van der Waals surface area (Å²) in [7, 11) is 1.71. The first-order valence-electron chi connectivity index (χ1n) is 4.21. The van der Waals surface area contributed by atoms with E-state index in [1.165, 1.54) is 4.80 Å². The summed E-state index contributed by atoms with van der Waals surface area (Å²) in [4.78, 5) is 5.41. The van der Waals surface area contributed by atoms with E-state index in [1.54, 1.807) is 19.3 Å². The lowest BCUT2D eigenvalue weighted by Crippen LogP contribution is -1.99. The second-order valence-corrected chi connectivity index (χ2v) is 3.61. The number of pyridine rings is 1. The van der Waals surface area contributed by atoms with Crippen molar-refractivity contribution in [2.75, 3.05) is 0 Å². The van der Waals surface area contributed by atoms with Crippen LogP contribution in [0.5, 0.6) is 5.75 Å². The van der Waals surface area contributed by atoms with E-state index in [1.807, 2.05) is 6.07 Å². The van der Waals surface area contributed by atoms with Gasteiger partial charge in [-0.3, -0.25) is 0 Å². The summed E-state index contributed by atoms with van der Waals surface area (Å²) < 4.78 is 6.17. The Balaban J connectivity index is 1.96. The SMILES string of the molecule is Cn1nnc(COc2ccc(Br)nc2)n1. The molecule has 0 aliphatic heterocycles. The predicted molar refractivity (Wildman–Crippen MR) is 55.1 cm³/mol. The van der Waals surface area contributed by atoms with Crippen LogP contribution in [0.2, 0.25) is 0 Å².